The Labute approximate surface area is 136 Å². The lowest BCUT2D eigenvalue weighted by molar-refractivity contribution is -0.139. The van der Waals surface area contributed by atoms with E-state index in [1.165, 1.54) is 18.4 Å². The van der Waals surface area contributed by atoms with E-state index in [4.69, 9.17) is 0 Å². The lowest BCUT2D eigenvalue weighted by Gasteiger charge is -2.05. The molecule has 0 radical (unpaired) electrons. The van der Waals surface area contributed by atoms with Crippen molar-refractivity contribution in [1.82, 2.24) is 4.98 Å². The maximum atomic E-state index is 11.2. The molecule has 0 unspecified atom stereocenters. The first-order valence-corrected chi connectivity index (χ1v) is 8.07. The molecule has 0 amide bonds. The van der Waals surface area contributed by atoms with Crippen LogP contribution in [0.1, 0.15) is 5.69 Å². The zero-order chi connectivity index (χ0) is 13.8. The molecule has 0 saturated heterocycles. The number of nitrogens with zero attached hydrogens (tertiary/aromatic N) is 1. The Bertz CT molecular complexity index is 603. The Balaban J connectivity index is 2.11. The van der Waals surface area contributed by atoms with Crippen molar-refractivity contribution in [2.24, 2.45) is 0 Å². The maximum absolute atomic E-state index is 11.2. The fourth-order valence-electron chi connectivity index (χ4n) is 1.37. The van der Waals surface area contributed by atoms with Crippen LogP contribution in [-0.4, -0.2) is 18.1 Å². The molecule has 19 heavy (non-hydrogen) atoms. The molecule has 2 rings (SSSR count). The normalized spacial score (nSPS) is 10.3. The van der Waals surface area contributed by atoms with Gasteiger partial charge in [0.15, 0.2) is 5.13 Å². The second-order valence-electron chi connectivity index (χ2n) is 3.65. The molecule has 2 aromatic rings. The number of hydrogen-bond donors (Lipinski definition) is 1. The number of esters is 1. The summed E-state index contributed by atoms with van der Waals surface area (Å²) >= 11 is 7.15. The van der Waals surface area contributed by atoms with E-state index < -0.39 is 0 Å². The summed E-state index contributed by atoms with van der Waals surface area (Å²) in [4.78, 5) is 15.5. The highest BCUT2D eigenvalue weighted by Crippen LogP contribution is 2.27. The van der Waals surface area contributed by atoms with E-state index in [0.29, 0.717) is 5.69 Å². The van der Waals surface area contributed by atoms with Gasteiger partial charge in [-0.25, -0.2) is 4.98 Å². The van der Waals surface area contributed by atoms with Gasteiger partial charge in [0.1, 0.15) is 0 Å². The monoisotopic (exact) mass is 452 g/mol. The topological polar surface area (TPSA) is 51.2 Å². The van der Waals surface area contributed by atoms with Gasteiger partial charge in [0.2, 0.25) is 0 Å². The molecule has 4 nitrogen and oxygen atoms in total. The number of rotatable bonds is 4. The molecule has 0 spiro atoms. The van der Waals surface area contributed by atoms with Crippen LogP contribution >= 0.6 is 49.9 Å². The number of carbonyl (C=O) groups excluding carboxylic acids is 1. The van der Waals surface area contributed by atoms with Crippen LogP contribution in [0.5, 0.6) is 0 Å². The molecule has 0 atom stereocenters. The predicted octanol–water partition coefficient (Wildman–Crippen LogP) is 3.97. The largest absolute Gasteiger partial charge is 0.469 e. The number of hydrogen-bond acceptors (Lipinski definition) is 5. The Hall–Kier alpha value is -0.670. The summed E-state index contributed by atoms with van der Waals surface area (Å²) in [6, 6.07) is 5.98. The van der Waals surface area contributed by atoms with Gasteiger partial charge in [0.25, 0.3) is 0 Å². The summed E-state index contributed by atoms with van der Waals surface area (Å²) in [5, 5.41) is 5.85. The third kappa shape index (κ3) is 4.15. The summed E-state index contributed by atoms with van der Waals surface area (Å²) in [5.41, 5.74) is 1.69. The standard InChI is InChI=1S/C12H10BrIN2O2S/c1-18-11(17)5-8-6-19-12(15-8)16-10-4-7(13)2-3-9(10)14/h2-4,6H,5H2,1H3,(H,15,16). The van der Waals surface area contributed by atoms with Gasteiger partial charge >= 0.3 is 5.97 Å². The van der Waals surface area contributed by atoms with Crippen molar-refractivity contribution in [2.45, 2.75) is 6.42 Å². The maximum Gasteiger partial charge on any atom is 0.311 e. The minimum absolute atomic E-state index is 0.199. The molecule has 0 bridgehead atoms. The van der Waals surface area contributed by atoms with Gasteiger partial charge in [-0.1, -0.05) is 15.9 Å². The molecule has 0 aliphatic carbocycles. The number of ether oxygens (including phenoxy) is 1. The minimum Gasteiger partial charge on any atom is -0.469 e. The fourth-order valence-corrected chi connectivity index (χ4v) is 2.93. The second kappa shape index (κ2) is 6.67. The number of methoxy groups -OCH3 is 1. The van der Waals surface area contributed by atoms with Crippen LogP contribution in [0, 0.1) is 3.57 Å². The quantitative estimate of drug-likeness (QED) is 0.563. The van der Waals surface area contributed by atoms with Crippen LogP contribution in [0.2, 0.25) is 0 Å². The van der Waals surface area contributed by atoms with Gasteiger partial charge in [-0.15, -0.1) is 11.3 Å². The molecule has 1 N–H and O–H groups in total. The average Bonchev–Trinajstić information content (AvgIpc) is 2.81. The number of benzene rings is 1. The first-order valence-electron chi connectivity index (χ1n) is 5.32. The lowest BCUT2D eigenvalue weighted by Crippen LogP contribution is -2.04. The van der Waals surface area contributed by atoms with Crippen LogP contribution in [0.4, 0.5) is 10.8 Å². The van der Waals surface area contributed by atoms with Gasteiger partial charge in [0.05, 0.1) is 24.9 Å². The van der Waals surface area contributed by atoms with E-state index in [2.05, 4.69) is 53.6 Å². The molecular formula is C12H10BrIN2O2S. The second-order valence-corrected chi connectivity index (χ2v) is 6.58. The number of nitrogens with one attached hydrogen (secondary N) is 1. The summed E-state index contributed by atoms with van der Waals surface area (Å²) in [5.74, 6) is -0.283. The van der Waals surface area contributed by atoms with Gasteiger partial charge < -0.3 is 10.1 Å². The fraction of sp³-hybridized carbons (Fsp3) is 0.167. The SMILES string of the molecule is COC(=O)Cc1csc(Nc2cc(Br)ccc2I)n1. The van der Waals surface area contributed by atoms with E-state index in [-0.39, 0.29) is 12.4 Å². The van der Waals surface area contributed by atoms with Crippen molar-refractivity contribution in [2.75, 3.05) is 12.4 Å². The van der Waals surface area contributed by atoms with Crippen molar-refractivity contribution in [1.29, 1.82) is 0 Å². The van der Waals surface area contributed by atoms with E-state index >= 15 is 0 Å². The number of thiazole rings is 1. The van der Waals surface area contributed by atoms with E-state index in [0.717, 1.165) is 18.9 Å². The Kier molecular flexibility index (Phi) is 5.17. The molecule has 100 valence electrons. The number of anilines is 2. The molecular weight excluding hydrogens is 443 g/mol. The zero-order valence-electron chi connectivity index (χ0n) is 9.94. The van der Waals surface area contributed by atoms with Gasteiger partial charge in [-0.3, -0.25) is 4.79 Å². The zero-order valence-corrected chi connectivity index (χ0v) is 14.5. The molecule has 0 saturated carbocycles. The Morgan fingerprint density at radius 1 is 1.58 bits per heavy atom. The third-order valence-electron chi connectivity index (χ3n) is 2.27. The summed E-state index contributed by atoms with van der Waals surface area (Å²) in [7, 11) is 1.37. The highest BCUT2D eigenvalue weighted by atomic mass is 127. The number of carbonyl (C=O) groups is 1. The molecule has 1 aromatic heterocycles. The number of halogens is 2. The third-order valence-corrected chi connectivity index (χ3v) is 4.52. The molecule has 7 heteroatoms. The van der Waals surface area contributed by atoms with Crippen LogP contribution in [0.15, 0.2) is 28.1 Å². The summed E-state index contributed by atoms with van der Waals surface area (Å²) in [6.45, 7) is 0. The van der Waals surface area contributed by atoms with Crippen LogP contribution < -0.4 is 5.32 Å². The highest BCUT2D eigenvalue weighted by molar-refractivity contribution is 14.1. The van der Waals surface area contributed by atoms with Crippen LogP contribution in [-0.2, 0) is 16.0 Å². The molecule has 0 aliphatic rings. The molecule has 0 fully saturated rings. The first-order chi connectivity index (χ1) is 9.08. The van der Waals surface area contributed by atoms with Crippen molar-refractivity contribution < 1.29 is 9.53 Å². The Morgan fingerprint density at radius 2 is 2.37 bits per heavy atom. The molecule has 1 aromatic carbocycles. The van der Waals surface area contributed by atoms with E-state index in [1.54, 1.807) is 0 Å². The van der Waals surface area contributed by atoms with Crippen molar-refractivity contribution in [3.8, 4) is 0 Å². The smallest absolute Gasteiger partial charge is 0.311 e. The van der Waals surface area contributed by atoms with Gasteiger partial charge in [-0.2, -0.15) is 0 Å². The van der Waals surface area contributed by atoms with Crippen molar-refractivity contribution in [3.05, 3.63) is 37.3 Å². The Morgan fingerprint density at radius 3 is 3.11 bits per heavy atom. The lowest BCUT2D eigenvalue weighted by atomic mass is 10.3. The van der Waals surface area contributed by atoms with E-state index in [9.17, 15) is 4.79 Å². The first kappa shape index (κ1) is 14.7. The molecule has 1 heterocycles. The summed E-state index contributed by atoms with van der Waals surface area (Å²) < 4.78 is 6.72. The predicted molar refractivity (Wildman–Crippen MR) is 88.0 cm³/mol. The number of aromatic nitrogens is 1. The van der Waals surface area contributed by atoms with Crippen LogP contribution in [0.25, 0.3) is 0 Å². The van der Waals surface area contributed by atoms with Gasteiger partial charge in [0, 0.05) is 13.4 Å². The summed E-state index contributed by atoms with van der Waals surface area (Å²) in [6.07, 6.45) is 0.199. The van der Waals surface area contributed by atoms with Crippen LogP contribution in [0.3, 0.4) is 0 Å². The van der Waals surface area contributed by atoms with Gasteiger partial charge in [-0.05, 0) is 40.8 Å². The minimum atomic E-state index is -0.283. The highest BCUT2D eigenvalue weighted by Gasteiger charge is 2.09. The van der Waals surface area contributed by atoms with E-state index in [1.807, 2.05) is 23.6 Å². The average molecular weight is 453 g/mol. The molecule has 0 aliphatic heterocycles. The van der Waals surface area contributed by atoms with Crippen molar-refractivity contribution in [3.63, 3.8) is 0 Å². The van der Waals surface area contributed by atoms with Crippen molar-refractivity contribution >= 4 is 66.6 Å².